The second-order valence-corrected chi connectivity index (χ2v) is 8.73. The molecular formula is C26H25N3O7. The van der Waals surface area contributed by atoms with Gasteiger partial charge in [0.15, 0.2) is 30.2 Å². The van der Waals surface area contributed by atoms with Gasteiger partial charge >= 0.3 is 17.9 Å². The van der Waals surface area contributed by atoms with Gasteiger partial charge in [-0.05, 0) is 25.1 Å². The number of hydrogen-bond donors (Lipinski definition) is 0. The van der Waals surface area contributed by atoms with E-state index in [1.54, 1.807) is 11.5 Å². The van der Waals surface area contributed by atoms with Gasteiger partial charge in [0.05, 0.1) is 22.7 Å². The van der Waals surface area contributed by atoms with Crippen LogP contribution in [0.25, 0.3) is 33.1 Å². The van der Waals surface area contributed by atoms with E-state index in [0.29, 0.717) is 16.7 Å². The minimum atomic E-state index is -1.14. The molecule has 1 aliphatic heterocycles. The van der Waals surface area contributed by atoms with Crippen molar-refractivity contribution in [3.63, 3.8) is 0 Å². The Morgan fingerprint density at radius 1 is 0.778 bits per heavy atom. The highest BCUT2D eigenvalue weighted by Gasteiger charge is 2.51. The van der Waals surface area contributed by atoms with Gasteiger partial charge in [0, 0.05) is 26.2 Å². The Morgan fingerprint density at radius 2 is 1.33 bits per heavy atom. The number of aromatic nitrogens is 3. The summed E-state index contributed by atoms with van der Waals surface area (Å²) in [5, 5.41) is 0.828. The number of carbonyl (C=O) groups is 3. The lowest BCUT2D eigenvalue weighted by atomic mass is 9.97. The molecule has 0 radical (unpaired) electrons. The summed E-state index contributed by atoms with van der Waals surface area (Å²) in [4.78, 5) is 45.8. The molecule has 5 rings (SSSR count). The zero-order valence-electron chi connectivity index (χ0n) is 20.2. The van der Waals surface area contributed by atoms with Crippen LogP contribution in [-0.2, 0) is 33.3 Å². The lowest BCUT2D eigenvalue weighted by Crippen LogP contribution is -2.58. The standard InChI is InChI=1S/C26H25N3O7/c1-13-22(34-14(2)30)23(35-15(3)31)24(36-16(4)32)26(33-13)29-20-12-8-5-9-17(20)21-25(29)28-19-11-7-6-10-18(19)27-21/h5-13,22-24,26H,1-4H3/t13-,22-,23+,24+,26-/m0/s1. The van der Waals surface area contributed by atoms with Crippen LogP contribution in [0.5, 0.6) is 0 Å². The first-order valence-electron chi connectivity index (χ1n) is 11.6. The average Bonchev–Trinajstić information content (AvgIpc) is 3.14. The Labute approximate surface area is 206 Å². The molecule has 0 saturated carbocycles. The summed E-state index contributed by atoms with van der Waals surface area (Å²) in [7, 11) is 0. The molecule has 1 saturated heterocycles. The van der Waals surface area contributed by atoms with Crippen LogP contribution in [0.1, 0.15) is 33.9 Å². The quantitative estimate of drug-likeness (QED) is 0.312. The van der Waals surface area contributed by atoms with Gasteiger partial charge in [0.2, 0.25) is 0 Å². The van der Waals surface area contributed by atoms with Crippen molar-refractivity contribution in [3.8, 4) is 0 Å². The normalized spacial score (nSPS) is 24.1. The van der Waals surface area contributed by atoms with Crippen molar-refractivity contribution in [2.45, 2.75) is 58.3 Å². The summed E-state index contributed by atoms with van der Waals surface area (Å²) < 4.78 is 24.9. The molecule has 0 bridgehead atoms. The van der Waals surface area contributed by atoms with E-state index in [9.17, 15) is 14.4 Å². The lowest BCUT2D eigenvalue weighted by molar-refractivity contribution is -0.258. The number of carbonyl (C=O) groups excluding carboxylic acids is 3. The number of rotatable bonds is 4. The van der Waals surface area contributed by atoms with Crippen LogP contribution in [0.4, 0.5) is 0 Å². The largest absolute Gasteiger partial charge is 0.456 e. The van der Waals surface area contributed by atoms with Crippen molar-refractivity contribution >= 4 is 51.0 Å². The molecule has 36 heavy (non-hydrogen) atoms. The Hall–Kier alpha value is -4.05. The molecule has 0 aliphatic carbocycles. The molecule has 3 heterocycles. The minimum Gasteiger partial charge on any atom is -0.456 e. The molecule has 0 spiro atoms. The van der Waals surface area contributed by atoms with Gasteiger partial charge in [-0.15, -0.1) is 0 Å². The van der Waals surface area contributed by atoms with Crippen LogP contribution in [0.2, 0.25) is 0 Å². The van der Waals surface area contributed by atoms with E-state index in [1.165, 1.54) is 20.8 Å². The predicted molar refractivity (Wildman–Crippen MR) is 129 cm³/mol. The second-order valence-electron chi connectivity index (χ2n) is 8.73. The molecular weight excluding hydrogens is 466 g/mol. The zero-order valence-corrected chi connectivity index (χ0v) is 20.2. The molecule has 1 aliphatic rings. The molecule has 4 aromatic rings. The molecule has 186 valence electrons. The SMILES string of the molecule is CC(=O)O[C@@H]1[C@@H](OC(C)=O)[C@H](C)O[C@H](n2c3ccccc3c3nc4ccccc4nc32)[C@@H]1OC(C)=O. The summed E-state index contributed by atoms with van der Waals surface area (Å²) >= 11 is 0. The fourth-order valence-corrected chi connectivity index (χ4v) is 4.79. The monoisotopic (exact) mass is 491 g/mol. The van der Waals surface area contributed by atoms with Crippen molar-refractivity contribution in [3.05, 3.63) is 48.5 Å². The number of para-hydroxylation sites is 3. The maximum atomic E-state index is 12.2. The summed E-state index contributed by atoms with van der Waals surface area (Å²) in [6.45, 7) is 5.44. The van der Waals surface area contributed by atoms with Gasteiger partial charge in [0.1, 0.15) is 5.52 Å². The fourth-order valence-electron chi connectivity index (χ4n) is 4.79. The Balaban J connectivity index is 1.76. The van der Waals surface area contributed by atoms with Crippen LogP contribution < -0.4 is 0 Å². The molecule has 2 aromatic heterocycles. The first-order valence-corrected chi connectivity index (χ1v) is 11.6. The molecule has 5 atom stereocenters. The van der Waals surface area contributed by atoms with E-state index in [0.717, 1.165) is 16.4 Å². The maximum Gasteiger partial charge on any atom is 0.303 e. The third-order valence-corrected chi connectivity index (χ3v) is 6.11. The van der Waals surface area contributed by atoms with Crippen LogP contribution in [0, 0.1) is 0 Å². The lowest BCUT2D eigenvalue weighted by Gasteiger charge is -2.44. The first-order chi connectivity index (χ1) is 17.2. The number of benzene rings is 2. The third kappa shape index (κ3) is 4.13. The molecule has 0 N–H and O–H groups in total. The highest BCUT2D eigenvalue weighted by Crippen LogP contribution is 2.39. The highest BCUT2D eigenvalue weighted by atomic mass is 16.7. The number of fused-ring (bicyclic) bond motifs is 4. The van der Waals surface area contributed by atoms with Crippen molar-refractivity contribution in [1.82, 2.24) is 14.5 Å². The maximum absolute atomic E-state index is 12.2. The van der Waals surface area contributed by atoms with Gasteiger partial charge in [-0.3, -0.25) is 19.0 Å². The number of esters is 3. The summed E-state index contributed by atoms with van der Waals surface area (Å²) in [5.41, 5.74) is 3.31. The molecule has 1 fully saturated rings. The van der Waals surface area contributed by atoms with Crippen molar-refractivity contribution in [2.75, 3.05) is 0 Å². The van der Waals surface area contributed by atoms with Gasteiger partial charge in [-0.1, -0.05) is 30.3 Å². The van der Waals surface area contributed by atoms with Gasteiger partial charge < -0.3 is 18.9 Å². The van der Waals surface area contributed by atoms with Gasteiger partial charge in [0.25, 0.3) is 0 Å². The summed E-state index contributed by atoms with van der Waals surface area (Å²) in [6, 6.07) is 15.1. The van der Waals surface area contributed by atoms with E-state index >= 15 is 0 Å². The molecule has 2 aromatic carbocycles. The van der Waals surface area contributed by atoms with Crippen molar-refractivity contribution in [2.24, 2.45) is 0 Å². The van der Waals surface area contributed by atoms with Crippen LogP contribution in [0.15, 0.2) is 48.5 Å². The fraction of sp³-hybridized carbons (Fsp3) is 0.346. The topological polar surface area (TPSA) is 119 Å². The van der Waals surface area contributed by atoms with Gasteiger partial charge in [-0.2, -0.15) is 0 Å². The number of nitrogens with zero attached hydrogens (tertiary/aromatic N) is 3. The third-order valence-electron chi connectivity index (χ3n) is 6.11. The zero-order chi connectivity index (χ0) is 25.6. The van der Waals surface area contributed by atoms with Crippen LogP contribution in [-0.4, -0.2) is 56.9 Å². The van der Waals surface area contributed by atoms with Crippen molar-refractivity contribution in [1.29, 1.82) is 0 Å². The van der Waals surface area contributed by atoms with E-state index in [-0.39, 0.29) is 0 Å². The smallest absolute Gasteiger partial charge is 0.303 e. The number of ether oxygens (including phenoxy) is 4. The van der Waals surface area contributed by atoms with E-state index < -0.39 is 48.6 Å². The minimum absolute atomic E-state index is 0.511. The van der Waals surface area contributed by atoms with E-state index in [1.807, 2.05) is 48.5 Å². The molecule has 0 amide bonds. The Bertz CT molecular complexity index is 1500. The predicted octanol–water partition coefficient (Wildman–Crippen LogP) is 3.45. The molecule has 10 nitrogen and oxygen atoms in total. The first kappa shape index (κ1) is 23.7. The summed E-state index contributed by atoms with van der Waals surface area (Å²) in [5.74, 6) is -1.81. The Morgan fingerprint density at radius 3 is 2.00 bits per heavy atom. The Kier molecular flexibility index (Phi) is 6.05. The average molecular weight is 492 g/mol. The van der Waals surface area contributed by atoms with Crippen LogP contribution in [0.3, 0.4) is 0 Å². The molecule has 10 heteroatoms. The number of hydrogen-bond acceptors (Lipinski definition) is 9. The van der Waals surface area contributed by atoms with Gasteiger partial charge in [-0.25, -0.2) is 9.97 Å². The molecule has 0 unspecified atom stereocenters. The summed E-state index contributed by atoms with van der Waals surface area (Å²) in [6.07, 6.45) is -4.92. The van der Waals surface area contributed by atoms with Crippen LogP contribution >= 0.6 is 0 Å². The van der Waals surface area contributed by atoms with E-state index in [2.05, 4.69) is 0 Å². The van der Waals surface area contributed by atoms with E-state index in [4.69, 9.17) is 28.9 Å². The highest BCUT2D eigenvalue weighted by molar-refractivity contribution is 6.06. The second kappa shape index (κ2) is 9.19. The van der Waals surface area contributed by atoms with Crippen molar-refractivity contribution < 1.29 is 33.3 Å².